The summed E-state index contributed by atoms with van der Waals surface area (Å²) in [4.78, 5) is 2.34. The number of hydrogen-bond acceptors (Lipinski definition) is 4. The Kier molecular flexibility index (Phi) is 9.85. The third kappa shape index (κ3) is 6.65. The molecule has 11 rings (SSSR count). The summed E-state index contributed by atoms with van der Waals surface area (Å²) in [5.74, 6) is 0.109. The molecule has 0 aromatic heterocycles. The molecule has 2 aliphatic heterocycles. The average molecular weight is 855 g/mol. The number of fused-ring (bicyclic) bond motifs is 4. The molecule has 304 valence electrons. The Balaban J connectivity index is 1.17. The first kappa shape index (κ1) is 38.5. The van der Waals surface area contributed by atoms with E-state index in [1.54, 1.807) is 0 Å². The fourth-order valence-electron chi connectivity index (χ4n) is 9.22. The van der Waals surface area contributed by atoms with Gasteiger partial charge >= 0.3 is 15.4 Å². The van der Waals surface area contributed by atoms with E-state index in [0.29, 0.717) is 10.6 Å². The van der Waals surface area contributed by atoms with E-state index in [2.05, 4.69) is 64.9 Å². The van der Waals surface area contributed by atoms with Crippen molar-refractivity contribution in [3.8, 4) is 0 Å². The first-order valence-corrected chi connectivity index (χ1v) is 23.9. The van der Waals surface area contributed by atoms with E-state index in [9.17, 15) is 0 Å². The van der Waals surface area contributed by atoms with Crippen LogP contribution in [0.25, 0.3) is 0 Å². The van der Waals surface area contributed by atoms with E-state index in [4.69, 9.17) is 0 Å². The van der Waals surface area contributed by atoms with E-state index in [0.717, 1.165) is 56.9 Å². The zero-order valence-corrected chi connectivity index (χ0v) is 36.0. The van der Waals surface area contributed by atoms with Gasteiger partial charge in [0.25, 0.3) is 0 Å². The van der Waals surface area contributed by atoms with Crippen molar-refractivity contribution in [3.63, 3.8) is 0 Å². The summed E-state index contributed by atoms with van der Waals surface area (Å²) in [7, 11) is -6.33. The molecule has 3 aliphatic rings. The van der Waals surface area contributed by atoms with Crippen molar-refractivity contribution in [2.45, 2.75) is 12.0 Å². The van der Waals surface area contributed by atoms with Crippen LogP contribution in [0, 0.1) is 0 Å². The minimum Gasteiger partial charge on any atom is -0.354 e. The highest BCUT2D eigenvalue weighted by atomic mass is 31.2. The Bertz CT molecular complexity index is 3020. The number of nitrogens with zero attached hydrogens (tertiary/aromatic N) is 4. The van der Waals surface area contributed by atoms with Crippen LogP contribution in [-0.2, 0) is 9.13 Å². The van der Waals surface area contributed by atoms with Crippen molar-refractivity contribution < 1.29 is 9.13 Å². The van der Waals surface area contributed by atoms with Gasteiger partial charge in [-0.1, -0.05) is 140 Å². The van der Waals surface area contributed by atoms with Crippen LogP contribution in [0.4, 0.5) is 56.9 Å². The SMILES string of the molecule is O=[P+](c1cc(N2c3ccccc3C3C=CC=CC32)cc(P2(=O)N(c3ccccc3)c3ccccc3N2c2ccccc2)c1)N(c1ccccc1)c1ccccc1Nc1ccccc1. The normalized spacial score (nSPS) is 16.9. The molecule has 0 amide bonds. The van der Waals surface area contributed by atoms with E-state index < -0.39 is 15.4 Å². The summed E-state index contributed by atoms with van der Waals surface area (Å²) >= 11 is 0. The fraction of sp³-hybridized carbons (Fsp3) is 0.0370. The Morgan fingerprint density at radius 2 is 1.06 bits per heavy atom. The molecule has 63 heavy (non-hydrogen) atoms. The van der Waals surface area contributed by atoms with Gasteiger partial charge in [-0.05, 0) is 95.1 Å². The van der Waals surface area contributed by atoms with Gasteiger partial charge in [0, 0.05) is 46.5 Å². The summed E-state index contributed by atoms with van der Waals surface area (Å²) < 4.78 is 39.3. The smallest absolute Gasteiger partial charge is 0.354 e. The van der Waals surface area contributed by atoms with Crippen LogP contribution in [-0.4, -0.2) is 6.04 Å². The van der Waals surface area contributed by atoms with Crippen LogP contribution < -0.4 is 34.8 Å². The molecular formula is C54H42N5O2P2+. The third-order valence-electron chi connectivity index (χ3n) is 11.9. The Morgan fingerprint density at radius 1 is 0.524 bits per heavy atom. The standard InChI is InChI=1S/C54H42N5O2P2/c60-62(57(41-23-7-2-8-24-41)52-34-18-15-31-49(52)55-40-21-5-1-6-22-40)45-37-44(56-50-32-16-13-29-47(50)48-30-14-17-33-51(48)56)38-46(39-45)63(61)58(42-25-9-3-10-26-42)53-35-19-20-36-54(53)59(63)43-27-11-4-12-28-43/h1-39,47,50,55H/q+1. The largest absolute Gasteiger partial charge is 0.507 e. The number of nitrogens with one attached hydrogen (secondary N) is 1. The summed E-state index contributed by atoms with van der Waals surface area (Å²) in [5, 5.41) is 4.70. The van der Waals surface area contributed by atoms with Crippen LogP contribution in [0.15, 0.2) is 237 Å². The van der Waals surface area contributed by atoms with Crippen LogP contribution in [0.3, 0.4) is 0 Å². The van der Waals surface area contributed by atoms with Gasteiger partial charge in [-0.2, -0.15) is 0 Å². The zero-order valence-electron chi connectivity index (χ0n) is 34.2. The highest BCUT2D eigenvalue weighted by molar-refractivity contribution is 7.76. The third-order valence-corrected chi connectivity index (χ3v) is 16.3. The molecule has 1 N–H and O–H groups in total. The van der Waals surface area contributed by atoms with Crippen molar-refractivity contribution in [1.29, 1.82) is 0 Å². The molecule has 0 saturated carbocycles. The van der Waals surface area contributed by atoms with Crippen molar-refractivity contribution >= 4 is 82.9 Å². The van der Waals surface area contributed by atoms with Crippen LogP contribution in [0.1, 0.15) is 11.5 Å². The first-order valence-electron chi connectivity index (χ1n) is 21.1. The van der Waals surface area contributed by atoms with Crippen molar-refractivity contribution in [3.05, 3.63) is 242 Å². The number of anilines is 10. The number of benzene rings is 8. The maximum Gasteiger partial charge on any atom is 0.507 e. The molecule has 3 atom stereocenters. The molecule has 0 saturated heterocycles. The van der Waals surface area contributed by atoms with Gasteiger partial charge in [0.2, 0.25) is 5.30 Å². The monoisotopic (exact) mass is 854 g/mol. The molecule has 9 heteroatoms. The summed E-state index contributed by atoms with van der Waals surface area (Å²) in [6.45, 7) is 0. The van der Waals surface area contributed by atoms with Gasteiger partial charge in [-0.3, -0.25) is 13.9 Å². The van der Waals surface area contributed by atoms with Gasteiger partial charge in [0.15, 0.2) is 0 Å². The molecule has 8 aromatic carbocycles. The molecule has 0 fully saturated rings. The van der Waals surface area contributed by atoms with Crippen molar-refractivity contribution in [1.82, 2.24) is 0 Å². The van der Waals surface area contributed by atoms with Gasteiger partial charge in [0.05, 0.1) is 34.1 Å². The lowest BCUT2D eigenvalue weighted by molar-refractivity contribution is 0.582. The first-order chi connectivity index (χ1) is 31.1. The molecule has 0 radical (unpaired) electrons. The minimum atomic E-state index is -3.90. The fourth-order valence-corrected chi connectivity index (χ4v) is 13.8. The number of para-hydroxylation sites is 9. The van der Waals surface area contributed by atoms with Gasteiger partial charge in [-0.15, -0.1) is 4.67 Å². The lowest BCUT2D eigenvalue weighted by atomic mass is 9.91. The van der Waals surface area contributed by atoms with E-state index >= 15 is 9.13 Å². The highest BCUT2D eigenvalue weighted by Crippen LogP contribution is 2.70. The maximum absolute atomic E-state index is 17.3. The second-order valence-corrected chi connectivity index (χ2v) is 19.5. The molecule has 3 unspecified atom stereocenters. The summed E-state index contributed by atoms with van der Waals surface area (Å²) in [5.41, 5.74) is 9.53. The van der Waals surface area contributed by atoms with Crippen molar-refractivity contribution in [2.24, 2.45) is 0 Å². The Labute approximate surface area is 368 Å². The highest BCUT2D eigenvalue weighted by Gasteiger charge is 2.51. The Hall–Kier alpha value is -7.43. The predicted octanol–water partition coefficient (Wildman–Crippen LogP) is 14.2. The van der Waals surface area contributed by atoms with Crippen molar-refractivity contribution in [2.75, 3.05) is 24.2 Å². The summed E-state index contributed by atoms with van der Waals surface area (Å²) in [6, 6.07) is 70.4. The van der Waals surface area contributed by atoms with Gasteiger partial charge < -0.3 is 10.2 Å². The van der Waals surface area contributed by atoms with E-state index in [1.165, 1.54) is 5.56 Å². The molecule has 0 bridgehead atoms. The topological polar surface area (TPSA) is 59.1 Å². The second kappa shape index (κ2) is 16.1. The van der Waals surface area contributed by atoms with E-state index in [1.807, 2.05) is 196 Å². The van der Waals surface area contributed by atoms with E-state index in [-0.39, 0.29) is 12.0 Å². The lowest BCUT2D eigenvalue weighted by Gasteiger charge is -2.34. The van der Waals surface area contributed by atoms with Gasteiger partial charge in [-0.25, -0.2) is 0 Å². The van der Waals surface area contributed by atoms with Crippen LogP contribution in [0.2, 0.25) is 0 Å². The molecular weight excluding hydrogens is 813 g/mol. The lowest BCUT2D eigenvalue weighted by Crippen LogP contribution is -2.32. The Morgan fingerprint density at radius 3 is 1.73 bits per heavy atom. The van der Waals surface area contributed by atoms with Crippen LogP contribution >= 0.6 is 15.4 Å². The number of hydrogen-bond donors (Lipinski definition) is 1. The summed E-state index contributed by atoms with van der Waals surface area (Å²) in [6.07, 6.45) is 8.71. The second-order valence-electron chi connectivity index (χ2n) is 15.7. The molecule has 7 nitrogen and oxygen atoms in total. The minimum absolute atomic E-state index is 0.0495. The molecule has 8 aromatic rings. The molecule has 2 heterocycles. The molecule has 0 spiro atoms. The van der Waals surface area contributed by atoms with Gasteiger partial charge in [0.1, 0.15) is 5.69 Å². The number of allylic oxidation sites excluding steroid dienone is 2. The average Bonchev–Trinajstić information content (AvgIpc) is 3.83. The zero-order chi connectivity index (χ0) is 42.3. The van der Waals surface area contributed by atoms with Crippen LogP contribution in [0.5, 0.6) is 0 Å². The maximum atomic E-state index is 17.3. The molecule has 1 aliphatic carbocycles. The quantitative estimate of drug-likeness (QED) is 0.138. The number of rotatable bonds is 10. The predicted molar refractivity (Wildman–Crippen MR) is 263 cm³/mol.